The van der Waals surface area contributed by atoms with Crippen molar-refractivity contribution in [3.05, 3.63) is 72.2 Å². The number of aromatic nitrogens is 2. The van der Waals surface area contributed by atoms with Gasteiger partial charge in [0.25, 0.3) is 15.9 Å². The Balaban J connectivity index is 1.85. The Labute approximate surface area is 157 Å². The highest BCUT2D eigenvalue weighted by Crippen LogP contribution is 2.21. The van der Waals surface area contributed by atoms with Crippen LogP contribution in [-0.4, -0.2) is 29.8 Å². The number of carbonyl (C=O) groups excluding carboxylic acids is 1. The molecule has 0 bridgehead atoms. The van der Waals surface area contributed by atoms with Gasteiger partial charge >= 0.3 is 0 Å². The molecule has 0 aliphatic heterocycles. The maximum atomic E-state index is 12.8. The SMILES string of the molecule is C#CCNC(=O)c1ccc(S(=O)(=O)n2cnc(-c3ccc(C)cc3)c2)cc1. The highest BCUT2D eigenvalue weighted by atomic mass is 32.2. The van der Waals surface area contributed by atoms with E-state index in [1.165, 1.54) is 36.8 Å². The fraction of sp³-hybridized carbons (Fsp3) is 0.100. The second-order valence-electron chi connectivity index (χ2n) is 5.87. The summed E-state index contributed by atoms with van der Waals surface area (Å²) in [6, 6.07) is 13.3. The fourth-order valence-electron chi connectivity index (χ4n) is 2.44. The topological polar surface area (TPSA) is 81.1 Å². The third-order valence-electron chi connectivity index (χ3n) is 3.95. The van der Waals surface area contributed by atoms with Gasteiger partial charge in [-0.15, -0.1) is 6.42 Å². The molecule has 1 amide bonds. The van der Waals surface area contributed by atoms with Gasteiger partial charge < -0.3 is 5.32 Å². The molecule has 3 aromatic rings. The molecule has 0 saturated heterocycles. The van der Waals surface area contributed by atoms with Crippen molar-refractivity contribution in [2.24, 2.45) is 0 Å². The van der Waals surface area contributed by atoms with Crippen LogP contribution in [0.25, 0.3) is 11.3 Å². The second-order valence-corrected chi connectivity index (χ2v) is 7.71. The first-order chi connectivity index (χ1) is 12.9. The maximum absolute atomic E-state index is 12.8. The second kappa shape index (κ2) is 7.48. The highest BCUT2D eigenvalue weighted by molar-refractivity contribution is 7.90. The van der Waals surface area contributed by atoms with Crippen LogP contribution in [0.5, 0.6) is 0 Å². The molecule has 0 fully saturated rings. The first kappa shape index (κ1) is 18.4. The van der Waals surface area contributed by atoms with Crippen LogP contribution in [0.3, 0.4) is 0 Å². The van der Waals surface area contributed by atoms with E-state index in [2.05, 4.69) is 16.2 Å². The third kappa shape index (κ3) is 3.91. The van der Waals surface area contributed by atoms with Crippen LogP contribution in [0.2, 0.25) is 0 Å². The predicted octanol–water partition coefficient (Wildman–Crippen LogP) is 2.46. The maximum Gasteiger partial charge on any atom is 0.268 e. The minimum Gasteiger partial charge on any atom is -0.341 e. The van der Waals surface area contributed by atoms with E-state index in [0.717, 1.165) is 15.1 Å². The van der Waals surface area contributed by atoms with Gasteiger partial charge in [-0.05, 0) is 31.2 Å². The van der Waals surface area contributed by atoms with E-state index in [0.29, 0.717) is 11.3 Å². The molecule has 1 N–H and O–H groups in total. The zero-order valence-corrected chi connectivity index (χ0v) is 15.4. The molecule has 136 valence electrons. The van der Waals surface area contributed by atoms with Crippen molar-refractivity contribution in [2.75, 3.05) is 6.54 Å². The van der Waals surface area contributed by atoms with Crippen molar-refractivity contribution in [1.82, 2.24) is 14.3 Å². The molecule has 0 atom stereocenters. The number of nitrogens with zero attached hydrogens (tertiary/aromatic N) is 2. The summed E-state index contributed by atoms with van der Waals surface area (Å²) in [4.78, 5) is 16.1. The zero-order chi connectivity index (χ0) is 19.4. The molecule has 1 aromatic heterocycles. The Morgan fingerprint density at radius 2 is 1.81 bits per heavy atom. The van der Waals surface area contributed by atoms with E-state index in [1.54, 1.807) is 0 Å². The first-order valence-electron chi connectivity index (χ1n) is 8.10. The largest absolute Gasteiger partial charge is 0.341 e. The van der Waals surface area contributed by atoms with Crippen LogP contribution in [0.4, 0.5) is 0 Å². The molecule has 2 aromatic carbocycles. The van der Waals surface area contributed by atoms with Crippen molar-refractivity contribution >= 4 is 15.9 Å². The molecule has 7 heteroatoms. The van der Waals surface area contributed by atoms with E-state index < -0.39 is 10.0 Å². The first-order valence-corrected chi connectivity index (χ1v) is 9.54. The lowest BCUT2D eigenvalue weighted by Crippen LogP contribution is -2.23. The lowest BCUT2D eigenvalue weighted by molar-refractivity contribution is 0.0958. The lowest BCUT2D eigenvalue weighted by atomic mass is 10.1. The number of rotatable bonds is 5. The molecule has 0 saturated carbocycles. The van der Waals surface area contributed by atoms with E-state index in [-0.39, 0.29) is 17.3 Å². The fourth-order valence-corrected chi connectivity index (χ4v) is 3.58. The number of terminal acetylenes is 1. The van der Waals surface area contributed by atoms with Crippen LogP contribution in [0.15, 0.2) is 66.0 Å². The minimum atomic E-state index is -3.80. The molecule has 6 nitrogen and oxygen atoms in total. The van der Waals surface area contributed by atoms with Crippen molar-refractivity contribution in [3.63, 3.8) is 0 Å². The number of amides is 1. The van der Waals surface area contributed by atoms with Gasteiger partial charge in [-0.25, -0.2) is 17.4 Å². The molecule has 0 radical (unpaired) electrons. The Kier molecular flexibility index (Phi) is 5.10. The van der Waals surface area contributed by atoms with Gasteiger partial charge in [0, 0.05) is 17.3 Å². The van der Waals surface area contributed by atoms with Gasteiger partial charge in [0.15, 0.2) is 0 Å². The number of aryl methyl sites for hydroxylation is 1. The molecule has 1 heterocycles. The van der Waals surface area contributed by atoms with Crippen LogP contribution in [-0.2, 0) is 10.0 Å². The molecule has 0 spiro atoms. The van der Waals surface area contributed by atoms with Gasteiger partial charge in [0.1, 0.15) is 6.33 Å². The highest BCUT2D eigenvalue weighted by Gasteiger charge is 2.18. The van der Waals surface area contributed by atoms with Crippen LogP contribution < -0.4 is 5.32 Å². The molecule has 0 aliphatic carbocycles. The van der Waals surface area contributed by atoms with Gasteiger partial charge in [-0.2, -0.15) is 0 Å². The minimum absolute atomic E-state index is 0.0591. The molecular formula is C20H17N3O3S. The summed E-state index contributed by atoms with van der Waals surface area (Å²) < 4.78 is 26.6. The van der Waals surface area contributed by atoms with Crippen LogP contribution in [0, 0.1) is 19.3 Å². The Morgan fingerprint density at radius 3 is 2.44 bits per heavy atom. The zero-order valence-electron chi connectivity index (χ0n) is 14.6. The van der Waals surface area contributed by atoms with E-state index in [1.807, 2.05) is 31.2 Å². The number of hydrogen-bond acceptors (Lipinski definition) is 4. The number of hydrogen-bond donors (Lipinski definition) is 1. The average molecular weight is 379 g/mol. The Hall–Kier alpha value is -3.37. The standard InChI is InChI=1S/C20H17N3O3S/c1-3-12-21-20(24)17-8-10-18(11-9-17)27(25,26)23-13-19(22-14-23)16-6-4-15(2)5-7-16/h1,4-11,13-14H,12H2,2H3,(H,21,24). The number of imidazole rings is 1. The quantitative estimate of drug-likeness (QED) is 0.691. The van der Waals surface area contributed by atoms with Gasteiger partial charge in [-0.3, -0.25) is 4.79 Å². The van der Waals surface area contributed by atoms with Gasteiger partial charge in [-0.1, -0.05) is 35.7 Å². The molecule has 0 aliphatic rings. The molecule has 3 rings (SSSR count). The number of carbonyl (C=O) groups is 1. The predicted molar refractivity (Wildman–Crippen MR) is 103 cm³/mol. The summed E-state index contributed by atoms with van der Waals surface area (Å²) in [5.74, 6) is 1.95. The normalized spacial score (nSPS) is 11.0. The monoisotopic (exact) mass is 379 g/mol. The summed E-state index contributed by atoms with van der Waals surface area (Å²) in [5, 5.41) is 2.52. The van der Waals surface area contributed by atoms with Gasteiger partial charge in [0.2, 0.25) is 0 Å². The number of nitrogens with one attached hydrogen (secondary N) is 1. The number of benzene rings is 2. The van der Waals surface area contributed by atoms with Crippen molar-refractivity contribution in [1.29, 1.82) is 0 Å². The third-order valence-corrected chi connectivity index (χ3v) is 5.57. The van der Waals surface area contributed by atoms with Crippen molar-refractivity contribution in [2.45, 2.75) is 11.8 Å². The van der Waals surface area contributed by atoms with E-state index in [4.69, 9.17) is 6.42 Å². The van der Waals surface area contributed by atoms with Crippen LogP contribution >= 0.6 is 0 Å². The average Bonchev–Trinajstić information content (AvgIpc) is 3.18. The van der Waals surface area contributed by atoms with Gasteiger partial charge in [0.05, 0.1) is 17.1 Å². The molecule has 27 heavy (non-hydrogen) atoms. The summed E-state index contributed by atoms with van der Waals surface area (Å²) in [5.41, 5.74) is 2.83. The molecule has 0 unspecified atom stereocenters. The smallest absolute Gasteiger partial charge is 0.268 e. The van der Waals surface area contributed by atoms with Crippen molar-refractivity contribution < 1.29 is 13.2 Å². The summed E-state index contributed by atoms with van der Waals surface area (Å²) in [6.07, 6.45) is 7.83. The summed E-state index contributed by atoms with van der Waals surface area (Å²) >= 11 is 0. The summed E-state index contributed by atoms with van der Waals surface area (Å²) in [7, 11) is -3.80. The van der Waals surface area contributed by atoms with Crippen molar-refractivity contribution in [3.8, 4) is 23.6 Å². The lowest BCUT2D eigenvalue weighted by Gasteiger charge is -2.06. The Morgan fingerprint density at radius 1 is 1.15 bits per heavy atom. The summed E-state index contributed by atoms with van der Waals surface area (Å²) in [6.45, 7) is 2.08. The molecular weight excluding hydrogens is 362 g/mol. The van der Waals surface area contributed by atoms with E-state index >= 15 is 0 Å². The van der Waals surface area contributed by atoms with Crippen LogP contribution in [0.1, 0.15) is 15.9 Å². The Bertz CT molecular complexity index is 1110. The van der Waals surface area contributed by atoms with E-state index in [9.17, 15) is 13.2 Å².